The highest BCUT2D eigenvalue weighted by molar-refractivity contribution is 9.09. The molecule has 5 nitrogen and oxygen atoms in total. The third-order valence-electron chi connectivity index (χ3n) is 2.80. The molecule has 0 saturated heterocycles. The molecule has 1 aromatic heterocycles. The van der Waals surface area contributed by atoms with E-state index >= 15 is 0 Å². The number of fused-ring (bicyclic) bond motifs is 1. The monoisotopic (exact) mass is 313 g/mol. The Morgan fingerprint density at radius 1 is 1.39 bits per heavy atom. The molecule has 18 heavy (non-hydrogen) atoms. The lowest BCUT2D eigenvalue weighted by atomic mass is 10.0. The number of benzene rings is 1. The summed E-state index contributed by atoms with van der Waals surface area (Å²) in [5.41, 5.74) is 1.31. The maximum atomic E-state index is 11.0. The summed E-state index contributed by atoms with van der Waals surface area (Å²) >= 11 is 3.08. The van der Waals surface area contributed by atoms with Gasteiger partial charge in [0.1, 0.15) is 6.10 Å². The summed E-state index contributed by atoms with van der Waals surface area (Å²) in [6.45, 7) is 0. The minimum absolute atomic E-state index is 0.146. The Morgan fingerprint density at radius 3 is 2.72 bits per heavy atom. The number of hydrogen-bond acceptors (Lipinski definition) is 3. The fourth-order valence-electron chi connectivity index (χ4n) is 1.81. The highest BCUT2D eigenvalue weighted by Crippen LogP contribution is 2.25. The fraction of sp³-hybridized carbons (Fsp3) is 0.250. The smallest absolute Gasteiger partial charge is 0.337 e. The molecule has 4 N–H and O–H groups in total. The molecule has 2 aromatic rings. The zero-order chi connectivity index (χ0) is 13.3. The van der Waals surface area contributed by atoms with Crippen LogP contribution in [0.4, 0.5) is 0 Å². The SMILES string of the molecule is O=C(O)c1c[nH]c2ccc(C(O)C(O)CBr)cc12. The van der Waals surface area contributed by atoms with Crippen LogP contribution in [0.3, 0.4) is 0 Å². The highest BCUT2D eigenvalue weighted by atomic mass is 79.9. The molecule has 0 bridgehead atoms. The van der Waals surface area contributed by atoms with Gasteiger partial charge in [0.15, 0.2) is 0 Å². The molecule has 0 saturated carbocycles. The lowest BCUT2D eigenvalue weighted by molar-refractivity contribution is 0.0343. The van der Waals surface area contributed by atoms with Gasteiger partial charge in [0.25, 0.3) is 0 Å². The number of nitrogens with one attached hydrogen (secondary N) is 1. The van der Waals surface area contributed by atoms with Gasteiger partial charge in [0, 0.05) is 22.4 Å². The summed E-state index contributed by atoms with van der Waals surface area (Å²) in [5, 5.41) is 29.2. The van der Waals surface area contributed by atoms with Crippen molar-refractivity contribution in [1.82, 2.24) is 4.98 Å². The topological polar surface area (TPSA) is 93.5 Å². The largest absolute Gasteiger partial charge is 0.478 e. The van der Waals surface area contributed by atoms with Gasteiger partial charge in [0.2, 0.25) is 0 Å². The number of aliphatic hydroxyl groups excluding tert-OH is 2. The van der Waals surface area contributed by atoms with Crippen LogP contribution in [0, 0.1) is 0 Å². The summed E-state index contributed by atoms with van der Waals surface area (Å²) in [6, 6.07) is 4.91. The van der Waals surface area contributed by atoms with Gasteiger partial charge in [-0.1, -0.05) is 22.0 Å². The Morgan fingerprint density at radius 2 is 2.11 bits per heavy atom. The van der Waals surface area contributed by atoms with Crippen molar-refractivity contribution in [2.45, 2.75) is 12.2 Å². The van der Waals surface area contributed by atoms with Gasteiger partial charge >= 0.3 is 5.97 Å². The quantitative estimate of drug-likeness (QED) is 0.646. The van der Waals surface area contributed by atoms with Gasteiger partial charge in [-0.05, 0) is 17.7 Å². The molecule has 2 rings (SSSR count). The number of aliphatic hydroxyl groups is 2. The average Bonchev–Trinajstić information content (AvgIpc) is 2.79. The van der Waals surface area contributed by atoms with E-state index in [1.807, 2.05) is 0 Å². The Bertz CT molecular complexity index is 580. The van der Waals surface area contributed by atoms with Crippen molar-refractivity contribution in [3.8, 4) is 0 Å². The van der Waals surface area contributed by atoms with Crippen molar-refractivity contribution in [3.63, 3.8) is 0 Å². The maximum absolute atomic E-state index is 11.0. The normalized spacial score (nSPS) is 14.6. The molecular formula is C12H12BrNO4. The number of carboxylic acid groups (broad SMARTS) is 1. The number of H-pyrrole nitrogens is 1. The van der Waals surface area contributed by atoms with Gasteiger partial charge in [-0.3, -0.25) is 0 Å². The van der Waals surface area contributed by atoms with E-state index in [9.17, 15) is 15.0 Å². The van der Waals surface area contributed by atoms with Gasteiger partial charge in [0.05, 0.1) is 11.7 Å². The van der Waals surface area contributed by atoms with Crippen LogP contribution in [-0.4, -0.2) is 37.7 Å². The lowest BCUT2D eigenvalue weighted by Gasteiger charge is -2.15. The van der Waals surface area contributed by atoms with Crippen molar-refractivity contribution in [2.24, 2.45) is 0 Å². The first-order valence-corrected chi connectivity index (χ1v) is 6.43. The molecule has 1 aromatic carbocycles. The molecule has 0 spiro atoms. The molecule has 1 heterocycles. The van der Waals surface area contributed by atoms with Gasteiger partial charge in [-0.15, -0.1) is 0 Å². The van der Waals surface area contributed by atoms with Gasteiger partial charge in [-0.25, -0.2) is 4.79 Å². The number of carboxylic acids is 1. The number of hydrogen-bond donors (Lipinski definition) is 4. The predicted octanol–water partition coefficient (Wildman–Crippen LogP) is 1.66. The van der Waals surface area contributed by atoms with Crippen LogP contribution in [0.1, 0.15) is 22.0 Å². The standard InChI is InChI=1S/C12H12BrNO4/c13-4-10(15)11(16)6-1-2-9-7(3-6)8(5-14-9)12(17)18/h1-3,5,10-11,14-16H,4H2,(H,17,18). The highest BCUT2D eigenvalue weighted by Gasteiger charge is 2.19. The second-order valence-electron chi connectivity index (χ2n) is 3.98. The van der Waals surface area contributed by atoms with Gasteiger partial charge in [-0.2, -0.15) is 0 Å². The summed E-state index contributed by atoms with van der Waals surface area (Å²) in [6.07, 6.45) is -0.579. The second-order valence-corrected chi connectivity index (χ2v) is 4.63. The Hall–Kier alpha value is -1.37. The molecule has 0 radical (unpaired) electrons. The summed E-state index contributed by atoms with van der Waals surface area (Å²) in [5.74, 6) is -1.03. The number of aromatic nitrogens is 1. The Labute approximate surface area is 111 Å². The minimum atomic E-state index is -1.05. The van der Waals surface area contributed by atoms with Crippen LogP contribution in [-0.2, 0) is 0 Å². The van der Waals surface area contributed by atoms with Crippen LogP contribution in [0.5, 0.6) is 0 Å². The Balaban J connectivity index is 2.48. The van der Waals surface area contributed by atoms with Crippen molar-refractivity contribution in [2.75, 3.05) is 5.33 Å². The Kier molecular flexibility index (Phi) is 3.70. The van der Waals surface area contributed by atoms with Crippen molar-refractivity contribution in [1.29, 1.82) is 0 Å². The van der Waals surface area contributed by atoms with E-state index in [1.165, 1.54) is 6.20 Å². The first-order chi connectivity index (χ1) is 8.54. The molecule has 0 fully saturated rings. The number of aromatic amines is 1. The van der Waals surface area contributed by atoms with Crippen LogP contribution in [0.25, 0.3) is 10.9 Å². The van der Waals surface area contributed by atoms with E-state index in [4.69, 9.17) is 5.11 Å². The van der Waals surface area contributed by atoms with Crippen LogP contribution in [0.2, 0.25) is 0 Å². The molecule has 0 amide bonds. The van der Waals surface area contributed by atoms with E-state index in [0.29, 0.717) is 16.5 Å². The average molecular weight is 314 g/mol. The van der Waals surface area contributed by atoms with E-state index in [1.54, 1.807) is 18.2 Å². The van der Waals surface area contributed by atoms with E-state index < -0.39 is 18.2 Å². The first kappa shape index (κ1) is 13.1. The van der Waals surface area contributed by atoms with Crippen molar-refractivity contribution >= 4 is 32.8 Å². The summed E-state index contributed by atoms with van der Waals surface area (Å²) in [7, 11) is 0. The predicted molar refractivity (Wildman–Crippen MR) is 70.0 cm³/mol. The molecule has 0 aliphatic heterocycles. The zero-order valence-corrected chi connectivity index (χ0v) is 10.9. The lowest BCUT2D eigenvalue weighted by Crippen LogP contribution is -2.19. The molecule has 0 aliphatic rings. The molecule has 2 atom stereocenters. The molecule has 96 valence electrons. The number of carbonyl (C=O) groups is 1. The zero-order valence-electron chi connectivity index (χ0n) is 9.30. The number of alkyl halides is 1. The first-order valence-electron chi connectivity index (χ1n) is 5.31. The summed E-state index contributed by atoms with van der Waals surface area (Å²) < 4.78 is 0. The maximum Gasteiger partial charge on any atom is 0.337 e. The minimum Gasteiger partial charge on any atom is -0.478 e. The van der Waals surface area contributed by atoms with Gasteiger partial charge < -0.3 is 20.3 Å². The molecule has 6 heteroatoms. The van der Waals surface area contributed by atoms with Crippen molar-refractivity contribution < 1.29 is 20.1 Å². The van der Waals surface area contributed by atoms with Crippen LogP contribution in [0.15, 0.2) is 24.4 Å². The second kappa shape index (κ2) is 5.09. The number of halogens is 1. The summed E-state index contributed by atoms with van der Waals surface area (Å²) in [4.78, 5) is 13.9. The van der Waals surface area contributed by atoms with E-state index in [-0.39, 0.29) is 10.9 Å². The molecule has 2 unspecified atom stereocenters. The number of rotatable bonds is 4. The fourth-order valence-corrected chi connectivity index (χ4v) is 2.16. The third-order valence-corrected chi connectivity index (χ3v) is 3.46. The van der Waals surface area contributed by atoms with Crippen LogP contribution < -0.4 is 0 Å². The van der Waals surface area contributed by atoms with Crippen LogP contribution >= 0.6 is 15.9 Å². The van der Waals surface area contributed by atoms with E-state index in [2.05, 4.69) is 20.9 Å². The third kappa shape index (κ3) is 2.27. The van der Waals surface area contributed by atoms with E-state index in [0.717, 1.165) is 0 Å². The van der Waals surface area contributed by atoms with Crippen molar-refractivity contribution in [3.05, 3.63) is 35.5 Å². The molecular weight excluding hydrogens is 302 g/mol. The number of aromatic carboxylic acids is 1. The molecule has 0 aliphatic carbocycles.